The molecule has 0 saturated heterocycles. The van der Waals surface area contributed by atoms with Crippen LogP contribution in [0.1, 0.15) is 5.56 Å². The number of hydrogen-bond acceptors (Lipinski definition) is 6. The van der Waals surface area contributed by atoms with Gasteiger partial charge in [0.25, 0.3) is 0 Å². The van der Waals surface area contributed by atoms with E-state index in [-0.39, 0.29) is 19.8 Å². The molecule has 25 heavy (non-hydrogen) atoms. The highest BCUT2D eigenvalue weighted by molar-refractivity contribution is 5.65. The second-order valence-corrected chi connectivity index (χ2v) is 5.12. The normalized spacial score (nSPS) is 11.4. The van der Waals surface area contributed by atoms with Gasteiger partial charge in [-0.1, -0.05) is 30.3 Å². The third-order valence-corrected chi connectivity index (χ3v) is 3.15. The van der Waals surface area contributed by atoms with E-state index >= 15 is 0 Å². The number of nitrogens with one attached hydrogen (secondary N) is 1. The average molecular weight is 347 g/mol. The maximum Gasteiger partial charge on any atom is 0.431 e. The van der Waals surface area contributed by atoms with E-state index in [1.54, 1.807) is 31.4 Å². The summed E-state index contributed by atoms with van der Waals surface area (Å²) in [6.07, 6.45) is -1.64. The third kappa shape index (κ3) is 7.11. The molecule has 0 aliphatic rings. The van der Waals surface area contributed by atoms with Gasteiger partial charge in [-0.05, 0) is 29.8 Å². The predicted molar refractivity (Wildman–Crippen MR) is 90.2 cm³/mol. The van der Waals surface area contributed by atoms with E-state index in [2.05, 4.69) is 5.48 Å². The van der Waals surface area contributed by atoms with Crippen molar-refractivity contribution in [3.63, 3.8) is 0 Å². The third-order valence-electron chi connectivity index (χ3n) is 3.15. The van der Waals surface area contributed by atoms with Gasteiger partial charge in [0.05, 0.1) is 7.11 Å². The van der Waals surface area contributed by atoms with Gasteiger partial charge in [0.15, 0.2) is 0 Å². The topological polar surface area (TPSA) is 86.3 Å². The Morgan fingerprint density at radius 3 is 2.40 bits per heavy atom. The highest BCUT2D eigenvalue weighted by Gasteiger charge is 2.08. The van der Waals surface area contributed by atoms with Crippen molar-refractivity contribution >= 4 is 6.09 Å². The SMILES string of the molecule is COc1ccc(OCC(O)CONC(=O)OCc2ccccc2)cc1. The zero-order valence-electron chi connectivity index (χ0n) is 13.9. The lowest BCUT2D eigenvalue weighted by Crippen LogP contribution is -2.31. The molecule has 0 saturated carbocycles. The number of aliphatic hydroxyl groups is 1. The van der Waals surface area contributed by atoms with Gasteiger partial charge in [-0.2, -0.15) is 5.48 Å². The molecule has 0 fully saturated rings. The Hall–Kier alpha value is -2.77. The molecular formula is C18H21NO6. The maximum atomic E-state index is 11.5. The summed E-state index contributed by atoms with van der Waals surface area (Å²) in [5, 5.41) is 9.77. The standard InChI is InChI=1S/C18H21NO6/c1-22-16-7-9-17(10-8-16)23-12-15(20)13-25-19-18(21)24-11-14-5-3-2-4-6-14/h2-10,15,20H,11-13H2,1H3,(H,19,21). The first-order valence-corrected chi connectivity index (χ1v) is 7.71. The van der Waals surface area contributed by atoms with Crippen molar-refractivity contribution in [2.24, 2.45) is 0 Å². The molecule has 2 aromatic carbocycles. The van der Waals surface area contributed by atoms with Crippen LogP contribution in [0.3, 0.4) is 0 Å². The lowest BCUT2D eigenvalue weighted by atomic mass is 10.2. The van der Waals surface area contributed by atoms with E-state index in [0.29, 0.717) is 5.75 Å². The summed E-state index contributed by atoms with van der Waals surface area (Å²) in [7, 11) is 1.58. The van der Waals surface area contributed by atoms with Crippen LogP contribution >= 0.6 is 0 Å². The Morgan fingerprint density at radius 1 is 1.04 bits per heavy atom. The summed E-state index contributed by atoms with van der Waals surface area (Å²) >= 11 is 0. The highest BCUT2D eigenvalue weighted by atomic mass is 16.7. The second-order valence-electron chi connectivity index (χ2n) is 5.12. The minimum absolute atomic E-state index is 0.0209. The number of carbonyl (C=O) groups is 1. The number of benzene rings is 2. The van der Waals surface area contributed by atoms with E-state index in [1.165, 1.54) is 0 Å². The summed E-state index contributed by atoms with van der Waals surface area (Å²) in [6, 6.07) is 16.2. The first-order chi connectivity index (χ1) is 12.2. The van der Waals surface area contributed by atoms with Crippen LogP contribution in [0.15, 0.2) is 54.6 Å². The zero-order chi connectivity index (χ0) is 17.9. The Bertz CT molecular complexity index is 632. The number of rotatable bonds is 9. The van der Waals surface area contributed by atoms with Gasteiger partial charge in [-0.15, -0.1) is 0 Å². The van der Waals surface area contributed by atoms with Crippen LogP contribution in [0.25, 0.3) is 0 Å². The Kier molecular flexibility index (Phi) is 7.55. The number of aliphatic hydroxyl groups excluding tert-OH is 1. The molecule has 2 N–H and O–H groups in total. The lowest BCUT2D eigenvalue weighted by molar-refractivity contribution is -0.0323. The van der Waals surface area contributed by atoms with E-state index in [9.17, 15) is 9.90 Å². The van der Waals surface area contributed by atoms with Crippen LogP contribution in [0, 0.1) is 0 Å². The molecule has 0 radical (unpaired) electrons. The van der Waals surface area contributed by atoms with Crippen LogP contribution in [0.2, 0.25) is 0 Å². The summed E-state index contributed by atoms with van der Waals surface area (Å²) in [6.45, 7) is 0.0306. The Balaban J connectivity index is 1.58. The minimum atomic E-state index is -0.906. The average Bonchev–Trinajstić information content (AvgIpc) is 2.66. The van der Waals surface area contributed by atoms with Crippen LogP contribution < -0.4 is 15.0 Å². The molecule has 0 aromatic heterocycles. The fourth-order valence-corrected chi connectivity index (χ4v) is 1.86. The van der Waals surface area contributed by atoms with Gasteiger partial charge < -0.3 is 19.3 Å². The molecular weight excluding hydrogens is 326 g/mol. The first kappa shape index (κ1) is 18.6. The van der Waals surface area contributed by atoms with E-state index in [0.717, 1.165) is 11.3 Å². The summed E-state index contributed by atoms with van der Waals surface area (Å²) < 4.78 is 15.4. The number of amides is 1. The molecule has 0 heterocycles. The number of ether oxygens (including phenoxy) is 3. The van der Waals surface area contributed by atoms with Gasteiger partial charge >= 0.3 is 6.09 Å². The number of methoxy groups -OCH3 is 1. The van der Waals surface area contributed by atoms with Crippen LogP contribution in [-0.4, -0.2) is 37.6 Å². The van der Waals surface area contributed by atoms with Crippen molar-refractivity contribution in [1.29, 1.82) is 0 Å². The molecule has 2 aromatic rings. The van der Waals surface area contributed by atoms with Crippen molar-refractivity contribution in [3.8, 4) is 11.5 Å². The number of carbonyl (C=O) groups excluding carboxylic acids is 1. The zero-order valence-corrected chi connectivity index (χ0v) is 13.9. The van der Waals surface area contributed by atoms with Crippen LogP contribution in [-0.2, 0) is 16.2 Å². The molecule has 1 atom stereocenters. The molecule has 7 nitrogen and oxygen atoms in total. The Morgan fingerprint density at radius 2 is 1.72 bits per heavy atom. The quantitative estimate of drug-likeness (QED) is 0.677. The van der Waals surface area contributed by atoms with Gasteiger partial charge in [0.1, 0.15) is 37.4 Å². The summed E-state index contributed by atoms with van der Waals surface area (Å²) in [5.41, 5.74) is 2.97. The molecule has 2 rings (SSSR count). The molecule has 1 amide bonds. The van der Waals surface area contributed by atoms with E-state index in [1.807, 2.05) is 30.3 Å². The van der Waals surface area contributed by atoms with Gasteiger partial charge in [-0.3, -0.25) is 4.84 Å². The molecule has 7 heteroatoms. The maximum absolute atomic E-state index is 11.5. The van der Waals surface area contributed by atoms with Crippen molar-refractivity contribution in [2.45, 2.75) is 12.7 Å². The van der Waals surface area contributed by atoms with Gasteiger partial charge in [0, 0.05) is 0 Å². The van der Waals surface area contributed by atoms with Gasteiger partial charge in [-0.25, -0.2) is 4.79 Å². The first-order valence-electron chi connectivity index (χ1n) is 7.71. The number of hydrogen-bond donors (Lipinski definition) is 2. The van der Waals surface area contributed by atoms with Crippen LogP contribution in [0.5, 0.6) is 11.5 Å². The predicted octanol–water partition coefficient (Wildman–Crippen LogP) is 2.29. The summed E-state index contributed by atoms with van der Waals surface area (Å²) in [5.74, 6) is 1.31. The van der Waals surface area contributed by atoms with E-state index in [4.69, 9.17) is 19.0 Å². The summed E-state index contributed by atoms with van der Waals surface area (Å²) in [4.78, 5) is 16.4. The van der Waals surface area contributed by atoms with Crippen molar-refractivity contribution in [1.82, 2.24) is 5.48 Å². The largest absolute Gasteiger partial charge is 0.497 e. The highest BCUT2D eigenvalue weighted by Crippen LogP contribution is 2.17. The molecule has 0 aliphatic heterocycles. The number of hydroxylamine groups is 1. The molecule has 0 bridgehead atoms. The van der Waals surface area contributed by atoms with Crippen molar-refractivity contribution in [3.05, 3.63) is 60.2 Å². The fraction of sp³-hybridized carbons (Fsp3) is 0.278. The molecule has 1 unspecified atom stereocenters. The minimum Gasteiger partial charge on any atom is -0.497 e. The monoisotopic (exact) mass is 347 g/mol. The van der Waals surface area contributed by atoms with Crippen molar-refractivity contribution < 1.29 is 28.9 Å². The van der Waals surface area contributed by atoms with Gasteiger partial charge in [0.2, 0.25) is 0 Å². The Labute approximate surface area is 146 Å². The lowest BCUT2D eigenvalue weighted by Gasteiger charge is -2.13. The van der Waals surface area contributed by atoms with Crippen LogP contribution in [0.4, 0.5) is 4.79 Å². The second kappa shape index (κ2) is 10.2. The fourth-order valence-electron chi connectivity index (χ4n) is 1.86. The van der Waals surface area contributed by atoms with E-state index < -0.39 is 12.2 Å². The molecule has 0 aliphatic carbocycles. The molecule has 0 spiro atoms. The smallest absolute Gasteiger partial charge is 0.431 e. The molecule has 134 valence electrons. The van der Waals surface area contributed by atoms with Crippen molar-refractivity contribution in [2.75, 3.05) is 20.3 Å².